The molecule has 0 saturated heterocycles. The number of benzene rings is 1. The van der Waals surface area contributed by atoms with Gasteiger partial charge in [-0.2, -0.15) is 0 Å². The maximum absolute atomic E-state index is 6.77. The van der Waals surface area contributed by atoms with E-state index in [0.717, 1.165) is 42.8 Å². The summed E-state index contributed by atoms with van der Waals surface area (Å²) in [4.78, 5) is 0. The first-order chi connectivity index (χ1) is 10.3. The quantitative estimate of drug-likeness (QED) is 0.896. The van der Waals surface area contributed by atoms with Crippen molar-refractivity contribution in [2.75, 3.05) is 0 Å². The maximum Gasteiger partial charge on any atom is 0.0725 e. The Labute approximate surface area is 127 Å². The average Bonchev–Trinajstić information content (AvgIpc) is 2.93. The first-order valence-corrected chi connectivity index (χ1v) is 8.73. The first kappa shape index (κ1) is 12.7. The fourth-order valence-electron chi connectivity index (χ4n) is 6.18. The van der Waals surface area contributed by atoms with Crippen molar-refractivity contribution in [1.29, 1.82) is 0 Å². The third-order valence-electron chi connectivity index (χ3n) is 6.84. The molecule has 4 aliphatic carbocycles. The first-order valence-electron chi connectivity index (χ1n) is 8.73. The van der Waals surface area contributed by atoms with Crippen LogP contribution in [0.1, 0.15) is 54.8 Å². The van der Waals surface area contributed by atoms with Gasteiger partial charge in [-0.1, -0.05) is 18.2 Å². The number of nitrogens with two attached hydrogens (primary N) is 1. The van der Waals surface area contributed by atoms with Crippen LogP contribution in [-0.4, -0.2) is 0 Å². The normalized spacial score (nSPS) is 41.3. The Morgan fingerprint density at radius 2 is 1.57 bits per heavy atom. The topological polar surface area (TPSA) is 35.2 Å². The van der Waals surface area contributed by atoms with Gasteiger partial charge in [-0.3, -0.25) is 0 Å². The van der Waals surface area contributed by atoms with E-state index in [1.165, 1.54) is 48.8 Å². The Balaban J connectivity index is 1.44. The summed E-state index contributed by atoms with van der Waals surface area (Å²) in [6.07, 6.45) is 7.35. The molecule has 0 spiro atoms. The lowest BCUT2D eigenvalue weighted by Gasteiger charge is -2.56. The summed E-state index contributed by atoms with van der Waals surface area (Å²) >= 11 is 0. The Hall–Kier alpha value is -0.860. The Kier molecular flexibility index (Phi) is 2.75. The largest absolute Gasteiger partial charge is 0.372 e. The van der Waals surface area contributed by atoms with Crippen molar-refractivity contribution in [2.24, 2.45) is 35.3 Å². The van der Waals surface area contributed by atoms with Crippen LogP contribution in [0.3, 0.4) is 0 Å². The molecule has 2 heteroatoms. The molecule has 0 aromatic heterocycles. The molecule has 1 aliphatic heterocycles. The van der Waals surface area contributed by atoms with Gasteiger partial charge in [0.1, 0.15) is 0 Å². The van der Waals surface area contributed by atoms with Crippen molar-refractivity contribution in [3.05, 3.63) is 34.9 Å². The third-order valence-corrected chi connectivity index (χ3v) is 6.84. The number of fused-ring (bicyclic) bond motifs is 1. The van der Waals surface area contributed by atoms with Crippen LogP contribution in [0.15, 0.2) is 18.2 Å². The Bertz CT molecular complexity index is 539. The molecule has 112 valence electrons. The van der Waals surface area contributed by atoms with Gasteiger partial charge in [0.2, 0.25) is 0 Å². The maximum atomic E-state index is 6.77. The molecule has 5 aliphatic rings. The minimum Gasteiger partial charge on any atom is -0.372 e. The highest BCUT2D eigenvalue weighted by Gasteiger charge is 2.50. The van der Waals surface area contributed by atoms with Gasteiger partial charge in [-0.25, -0.2) is 0 Å². The smallest absolute Gasteiger partial charge is 0.0725 e. The van der Waals surface area contributed by atoms with Crippen molar-refractivity contribution >= 4 is 0 Å². The molecule has 1 aromatic rings. The summed E-state index contributed by atoms with van der Waals surface area (Å²) in [7, 11) is 0. The van der Waals surface area contributed by atoms with Gasteiger partial charge in [0.15, 0.2) is 0 Å². The van der Waals surface area contributed by atoms with Crippen molar-refractivity contribution in [1.82, 2.24) is 0 Å². The molecular formula is C19H25NO. The van der Waals surface area contributed by atoms with Crippen molar-refractivity contribution in [3.63, 3.8) is 0 Å². The van der Waals surface area contributed by atoms with Crippen LogP contribution in [0.25, 0.3) is 0 Å². The van der Waals surface area contributed by atoms with Crippen LogP contribution in [0.5, 0.6) is 0 Å². The van der Waals surface area contributed by atoms with Crippen LogP contribution in [-0.2, 0) is 18.0 Å². The van der Waals surface area contributed by atoms with Crippen LogP contribution < -0.4 is 5.73 Å². The van der Waals surface area contributed by atoms with Crippen LogP contribution in [0.4, 0.5) is 0 Å². The minimum atomic E-state index is 0.242. The van der Waals surface area contributed by atoms with Gasteiger partial charge < -0.3 is 10.5 Å². The molecule has 0 radical (unpaired) electrons. The predicted octanol–water partition coefficient (Wildman–Crippen LogP) is 3.79. The fourth-order valence-corrected chi connectivity index (χ4v) is 6.18. The van der Waals surface area contributed by atoms with E-state index >= 15 is 0 Å². The zero-order valence-electron chi connectivity index (χ0n) is 12.6. The molecule has 1 atom stereocenters. The Morgan fingerprint density at radius 1 is 0.905 bits per heavy atom. The van der Waals surface area contributed by atoms with Crippen molar-refractivity contribution in [3.8, 4) is 0 Å². The molecular weight excluding hydrogens is 258 g/mol. The molecule has 1 unspecified atom stereocenters. The van der Waals surface area contributed by atoms with Crippen molar-refractivity contribution in [2.45, 2.75) is 51.4 Å². The molecule has 1 aromatic carbocycles. The molecule has 4 saturated carbocycles. The van der Waals surface area contributed by atoms with Crippen LogP contribution in [0, 0.1) is 29.6 Å². The highest BCUT2D eigenvalue weighted by atomic mass is 16.5. The van der Waals surface area contributed by atoms with Crippen LogP contribution in [0.2, 0.25) is 0 Å². The summed E-state index contributed by atoms with van der Waals surface area (Å²) in [6, 6.07) is 7.08. The van der Waals surface area contributed by atoms with Gasteiger partial charge >= 0.3 is 0 Å². The van der Waals surface area contributed by atoms with E-state index in [4.69, 9.17) is 10.5 Å². The molecule has 2 nitrogen and oxygen atoms in total. The van der Waals surface area contributed by atoms with E-state index in [-0.39, 0.29) is 6.04 Å². The van der Waals surface area contributed by atoms with E-state index < -0.39 is 0 Å². The Morgan fingerprint density at radius 3 is 2.29 bits per heavy atom. The summed E-state index contributed by atoms with van der Waals surface area (Å²) < 4.78 is 5.55. The van der Waals surface area contributed by atoms with Crippen LogP contribution >= 0.6 is 0 Å². The second-order valence-electron chi connectivity index (χ2n) is 8.05. The van der Waals surface area contributed by atoms with Gasteiger partial charge in [0.05, 0.1) is 13.2 Å². The molecule has 0 amide bonds. The zero-order valence-corrected chi connectivity index (χ0v) is 12.6. The molecule has 21 heavy (non-hydrogen) atoms. The second kappa shape index (κ2) is 4.57. The van der Waals surface area contributed by atoms with Gasteiger partial charge in [0.25, 0.3) is 0 Å². The highest BCUT2D eigenvalue weighted by Crippen LogP contribution is 2.59. The minimum absolute atomic E-state index is 0.242. The fraction of sp³-hybridized carbons (Fsp3) is 0.684. The second-order valence-corrected chi connectivity index (χ2v) is 8.05. The van der Waals surface area contributed by atoms with Gasteiger partial charge in [-0.05, 0) is 78.4 Å². The van der Waals surface area contributed by atoms with Gasteiger partial charge in [0, 0.05) is 6.04 Å². The molecule has 6 rings (SSSR count). The average molecular weight is 283 g/mol. The summed E-state index contributed by atoms with van der Waals surface area (Å²) in [5.41, 5.74) is 10.9. The molecule has 4 bridgehead atoms. The summed E-state index contributed by atoms with van der Waals surface area (Å²) in [6.45, 7) is 1.56. The zero-order chi connectivity index (χ0) is 14.0. The standard InChI is InChI=1S/C19H25NO/c20-19(13-1-2-14-9-21-10-17(14)8-13)18-15-4-11-3-12(6-15)7-16(18)5-11/h1-2,8,11-12,15-16,18-19H,3-7,9-10,20H2. The molecule has 2 N–H and O–H groups in total. The third kappa shape index (κ3) is 1.92. The number of hydrogen-bond donors (Lipinski definition) is 1. The monoisotopic (exact) mass is 283 g/mol. The summed E-state index contributed by atoms with van der Waals surface area (Å²) in [5.74, 6) is 4.61. The number of ether oxygens (including phenoxy) is 1. The van der Waals surface area contributed by atoms with E-state index in [1.807, 2.05) is 0 Å². The number of rotatable bonds is 2. The predicted molar refractivity (Wildman–Crippen MR) is 82.4 cm³/mol. The van der Waals surface area contributed by atoms with E-state index in [9.17, 15) is 0 Å². The lowest BCUT2D eigenvalue weighted by atomic mass is 9.50. The lowest BCUT2D eigenvalue weighted by molar-refractivity contribution is -0.0471. The van der Waals surface area contributed by atoms with Crippen molar-refractivity contribution < 1.29 is 4.74 Å². The lowest BCUT2D eigenvalue weighted by Crippen LogP contribution is -2.48. The van der Waals surface area contributed by atoms with E-state index in [1.54, 1.807) is 0 Å². The summed E-state index contributed by atoms with van der Waals surface area (Å²) in [5, 5.41) is 0. The molecule has 4 fully saturated rings. The SMILES string of the molecule is NC(c1ccc2c(c1)COC2)C1C2CC3CC(C2)CC1C3. The van der Waals surface area contributed by atoms with E-state index in [2.05, 4.69) is 18.2 Å². The van der Waals surface area contributed by atoms with Gasteiger partial charge in [-0.15, -0.1) is 0 Å². The highest BCUT2D eigenvalue weighted by molar-refractivity contribution is 5.35. The van der Waals surface area contributed by atoms with E-state index in [0.29, 0.717) is 0 Å². The number of hydrogen-bond acceptors (Lipinski definition) is 2. The molecule has 1 heterocycles.